The van der Waals surface area contributed by atoms with E-state index in [1.165, 1.54) is 22.5 Å². The zero-order valence-corrected chi connectivity index (χ0v) is 27.8. The maximum Gasteiger partial charge on any atom is 0.271 e. The summed E-state index contributed by atoms with van der Waals surface area (Å²) in [6, 6.07) is 30.6. The molecule has 0 bridgehead atoms. The third kappa shape index (κ3) is 5.19. The summed E-state index contributed by atoms with van der Waals surface area (Å²) < 4.78 is 11.3. The summed E-state index contributed by atoms with van der Waals surface area (Å²) in [4.78, 5) is 19.9. The van der Waals surface area contributed by atoms with Crippen LogP contribution >= 0.6 is 59.1 Å². The Labute approximate surface area is 272 Å². The van der Waals surface area contributed by atoms with Crippen molar-refractivity contribution in [2.24, 2.45) is 4.99 Å². The molecular weight excluding hydrogens is 740 g/mol. The minimum Gasteiger partial charge on any atom is -0.487 e. The van der Waals surface area contributed by atoms with Crippen LogP contribution < -0.4 is 19.6 Å². The Balaban J connectivity index is 1.33. The summed E-state index contributed by atoms with van der Waals surface area (Å²) >= 11 is 12.4. The largest absolute Gasteiger partial charge is 0.487 e. The van der Waals surface area contributed by atoms with Crippen molar-refractivity contribution in [2.75, 3.05) is 0 Å². The van der Waals surface area contributed by atoms with Gasteiger partial charge in [-0.1, -0.05) is 94.0 Å². The monoisotopic (exact) mass is 760 g/mol. The molecule has 0 N–H and O–H groups in total. The highest BCUT2D eigenvalue weighted by molar-refractivity contribution is 9.11. The summed E-state index contributed by atoms with van der Waals surface area (Å²) in [5.41, 5.74) is 7.69. The predicted molar refractivity (Wildman–Crippen MR) is 180 cm³/mol. The van der Waals surface area contributed by atoms with E-state index in [0.29, 0.717) is 11.1 Å². The number of halogens is 3. The van der Waals surface area contributed by atoms with Crippen LogP contribution in [0.3, 0.4) is 0 Å². The number of allylic oxidation sites excluding steroid dienone is 1. The van der Waals surface area contributed by atoms with Crippen LogP contribution in [0.4, 0.5) is 0 Å². The van der Waals surface area contributed by atoms with Crippen molar-refractivity contribution < 1.29 is 4.74 Å². The maximum atomic E-state index is 14.1. The topological polar surface area (TPSA) is 43.6 Å². The molecule has 0 saturated heterocycles. The average molecular weight is 763 g/mol. The van der Waals surface area contributed by atoms with Crippen LogP contribution in [-0.2, 0) is 13.0 Å². The lowest BCUT2D eigenvalue weighted by Crippen LogP contribution is -2.38. The Morgan fingerprint density at radius 3 is 2.38 bits per heavy atom. The van der Waals surface area contributed by atoms with Crippen molar-refractivity contribution in [3.8, 4) is 5.75 Å². The van der Waals surface area contributed by atoms with Crippen LogP contribution in [0, 0.1) is 0 Å². The first-order valence-corrected chi connectivity index (χ1v) is 16.7. The molecule has 7 rings (SSSR count). The zero-order valence-electron chi connectivity index (χ0n) is 22.2. The number of ether oxygens (including phenoxy) is 1. The summed E-state index contributed by atoms with van der Waals surface area (Å²) in [7, 11) is 0. The summed E-state index contributed by atoms with van der Waals surface area (Å²) in [6.45, 7) is 0.458. The Morgan fingerprint density at radius 1 is 0.905 bits per heavy atom. The molecule has 0 fully saturated rings. The van der Waals surface area contributed by atoms with Crippen molar-refractivity contribution in [2.45, 2.75) is 25.5 Å². The number of benzene rings is 4. The zero-order chi connectivity index (χ0) is 28.8. The molecule has 4 nitrogen and oxygen atoms in total. The molecule has 0 radical (unpaired) electrons. The Bertz CT molecular complexity index is 2020. The van der Waals surface area contributed by atoms with E-state index < -0.39 is 0 Å². The second-order valence-electron chi connectivity index (χ2n) is 10.3. The molecule has 5 aromatic rings. The van der Waals surface area contributed by atoms with Gasteiger partial charge in [-0.15, -0.1) is 0 Å². The molecule has 0 saturated carbocycles. The maximum absolute atomic E-state index is 14.1. The summed E-state index contributed by atoms with van der Waals surface area (Å²) in [5, 5.41) is 0. The third-order valence-electron chi connectivity index (χ3n) is 7.60. The molecule has 0 amide bonds. The lowest BCUT2D eigenvalue weighted by Gasteiger charge is -2.30. The second kappa shape index (κ2) is 11.6. The molecule has 1 aromatic heterocycles. The normalized spacial score (nSPS) is 16.0. The second-order valence-corrected chi connectivity index (χ2v) is 13.9. The fourth-order valence-corrected chi connectivity index (χ4v) is 8.37. The standard InChI is InChI=1S/C34H23Br3N2O2S/c35-24-13-10-23(11-14-24)31-26-15-12-22-8-4-5-9-25(22)30(26)38-34-39(31)33(40)29(42-34)18-21-16-27(36)32(28(37)17-21)41-19-20-6-2-1-3-7-20/h1-11,13-14,16-18,31H,12,15,19H2/b29-18+/t31-/m1/s1. The van der Waals surface area contributed by atoms with Gasteiger partial charge in [0.25, 0.3) is 5.56 Å². The van der Waals surface area contributed by atoms with Crippen molar-refractivity contribution >= 4 is 70.9 Å². The predicted octanol–water partition coefficient (Wildman–Crippen LogP) is 8.19. The molecule has 2 heterocycles. The molecule has 1 atom stereocenters. The van der Waals surface area contributed by atoms with Crippen molar-refractivity contribution in [3.63, 3.8) is 0 Å². The fourth-order valence-electron chi connectivity index (χ4n) is 5.65. The average Bonchev–Trinajstić information content (AvgIpc) is 3.30. The number of hydrogen-bond acceptors (Lipinski definition) is 4. The highest BCUT2D eigenvalue weighted by Crippen LogP contribution is 2.41. The van der Waals surface area contributed by atoms with Gasteiger partial charge in [-0.05, 0) is 103 Å². The highest BCUT2D eigenvalue weighted by Gasteiger charge is 2.32. The van der Waals surface area contributed by atoms with Crippen LogP contribution in [0.1, 0.15) is 40.3 Å². The number of hydrogen-bond donors (Lipinski definition) is 0. The minimum atomic E-state index is -0.202. The number of nitrogens with zero attached hydrogens (tertiary/aromatic N) is 2. The van der Waals surface area contributed by atoms with Crippen LogP contribution in [0.2, 0.25) is 0 Å². The molecule has 42 heavy (non-hydrogen) atoms. The third-order valence-corrected chi connectivity index (χ3v) is 10.3. The molecule has 4 aromatic carbocycles. The van der Waals surface area contributed by atoms with Crippen LogP contribution in [0.15, 0.2) is 120 Å². The molecule has 2 aliphatic rings. The van der Waals surface area contributed by atoms with Gasteiger partial charge in [0.1, 0.15) is 12.4 Å². The van der Waals surface area contributed by atoms with E-state index in [1.54, 1.807) is 0 Å². The van der Waals surface area contributed by atoms with E-state index in [0.717, 1.165) is 64.8 Å². The van der Waals surface area contributed by atoms with Gasteiger partial charge in [0.15, 0.2) is 4.80 Å². The van der Waals surface area contributed by atoms with Gasteiger partial charge in [0.2, 0.25) is 0 Å². The van der Waals surface area contributed by atoms with Crippen LogP contribution in [0.5, 0.6) is 5.75 Å². The lowest BCUT2D eigenvalue weighted by molar-refractivity contribution is 0.302. The number of fused-ring (bicyclic) bond motifs is 3. The number of aryl methyl sites for hydroxylation is 1. The number of aromatic nitrogens is 1. The van der Waals surface area contributed by atoms with E-state index in [2.05, 4.69) is 84.2 Å². The highest BCUT2D eigenvalue weighted by atomic mass is 79.9. The molecule has 8 heteroatoms. The fraction of sp³-hybridized carbons (Fsp3) is 0.118. The van der Waals surface area contributed by atoms with Gasteiger partial charge >= 0.3 is 0 Å². The quantitative estimate of drug-likeness (QED) is 0.181. The first-order chi connectivity index (χ1) is 20.5. The smallest absolute Gasteiger partial charge is 0.271 e. The minimum absolute atomic E-state index is 0.0336. The molecular formula is C34H23Br3N2O2S. The van der Waals surface area contributed by atoms with Gasteiger partial charge in [0.05, 0.1) is 25.2 Å². The summed E-state index contributed by atoms with van der Waals surface area (Å²) in [5.74, 6) is 0.721. The molecule has 0 unspecified atom stereocenters. The number of thiazole rings is 1. The van der Waals surface area contributed by atoms with Crippen molar-refractivity contribution in [1.29, 1.82) is 0 Å². The van der Waals surface area contributed by atoms with Gasteiger partial charge in [-0.25, -0.2) is 4.99 Å². The van der Waals surface area contributed by atoms with E-state index >= 15 is 0 Å². The van der Waals surface area contributed by atoms with Gasteiger partial charge < -0.3 is 4.74 Å². The van der Waals surface area contributed by atoms with E-state index in [9.17, 15) is 4.79 Å². The van der Waals surface area contributed by atoms with Crippen molar-refractivity contribution in [1.82, 2.24) is 4.57 Å². The van der Waals surface area contributed by atoms with Gasteiger partial charge in [0, 0.05) is 10.0 Å². The first kappa shape index (κ1) is 27.8. The van der Waals surface area contributed by atoms with Crippen molar-refractivity contribution in [3.05, 3.63) is 157 Å². The SMILES string of the molecule is O=c1/c(=C\c2cc(Br)c(OCc3ccccc3)c(Br)c2)sc2n1[C@H](c1ccc(Br)cc1)C1=C(N=2)c2ccccc2CC1. The molecule has 0 spiro atoms. The summed E-state index contributed by atoms with van der Waals surface area (Å²) in [6.07, 6.45) is 3.74. The van der Waals surface area contributed by atoms with Gasteiger partial charge in [-0.3, -0.25) is 9.36 Å². The lowest BCUT2D eigenvalue weighted by atomic mass is 9.83. The Kier molecular flexibility index (Phi) is 7.65. The van der Waals surface area contributed by atoms with E-state index in [4.69, 9.17) is 9.73 Å². The van der Waals surface area contributed by atoms with E-state index in [-0.39, 0.29) is 11.6 Å². The van der Waals surface area contributed by atoms with Crippen LogP contribution in [-0.4, -0.2) is 4.57 Å². The van der Waals surface area contributed by atoms with Crippen LogP contribution in [0.25, 0.3) is 11.8 Å². The van der Waals surface area contributed by atoms with E-state index in [1.807, 2.05) is 65.2 Å². The molecule has 1 aliphatic carbocycles. The Hall–Kier alpha value is -3.04. The number of rotatable bonds is 5. The molecule has 208 valence electrons. The molecule has 1 aliphatic heterocycles. The van der Waals surface area contributed by atoms with Gasteiger partial charge in [-0.2, -0.15) is 0 Å². The first-order valence-electron chi connectivity index (χ1n) is 13.5. The Morgan fingerprint density at radius 2 is 1.62 bits per heavy atom.